The first-order valence-electron chi connectivity index (χ1n) is 8.24. The highest BCUT2D eigenvalue weighted by Crippen LogP contribution is 2.17. The average molecular weight is 355 g/mol. The second-order valence-electron chi connectivity index (χ2n) is 5.84. The van der Waals surface area contributed by atoms with Crippen molar-refractivity contribution in [1.82, 2.24) is 10.9 Å². The van der Waals surface area contributed by atoms with Crippen molar-refractivity contribution in [3.63, 3.8) is 0 Å². The van der Waals surface area contributed by atoms with E-state index in [0.717, 1.165) is 12.0 Å². The van der Waals surface area contributed by atoms with Crippen LogP contribution in [0.25, 0.3) is 0 Å². The number of hydrogen-bond acceptors (Lipinski definition) is 4. The van der Waals surface area contributed by atoms with Gasteiger partial charge in [-0.25, -0.2) is 4.39 Å². The minimum absolute atomic E-state index is 0.191. The minimum atomic E-state index is -0.879. The first-order chi connectivity index (χ1) is 12.6. The topological polar surface area (TPSA) is 79.8 Å². The summed E-state index contributed by atoms with van der Waals surface area (Å²) in [5.41, 5.74) is 7.26. The highest BCUT2D eigenvalue weighted by atomic mass is 19.1. The maximum Gasteiger partial charge on any atom is 0.282 e. The Labute approximate surface area is 150 Å². The molecule has 2 N–H and O–H groups in total. The van der Waals surface area contributed by atoms with Crippen molar-refractivity contribution in [3.8, 4) is 0 Å². The molecule has 0 aliphatic carbocycles. The van der Waals surface area contributed by atoms with Crippen molar-refractivity contribution < 1.29 is 18.8 Å². The number of carbonyl (C=O) groups is 2. The van der Waals surface area contributed by atoms with Crippen LogP contribution in [-0.2, 0) is 16.1 Å². The summed E-state index contributed by atoms with van der Waals surface area (Å²) in [6.45, 7) is 2.02. The molecule has 6 nitrogen and oxygen atoms in total. The van der Waals surface area contributed by atoms with Gasteiger partial charge in [0, 0.05) is 17.5 Å². The maximum absolute atomic E-state index is 13.3. The Hall–Kier alpha value is -3.22. The molecule has 2 amide bonds. The SMILES string of the molecule is CCc1ccc(C(=O)NNC(=O)C2CC(c3cccc(F)c3)=NO2)cc1. The zero-order valence-corrected chi connectivity index (χ0v) is 14.2. The smallest absolute Gasteiger partial charge is 0.282 e. The van der Waals surface area contributed by atoms with E-state index in [1.165, 1.54) is 12.1 Å². The van der Waals surface area contributed by atoms with Crippen LogP contribution in [0.5, 0.6) is 0 Å². The molecule has 2 aromatic rings. The monoisotopic (exact) mass is 355 g/mol. The molecule has 1 aliphatic rings. The van der Waals surface area contributed by atoms with Crippen LogP contribution >= 0.6 is 0 Å². The van der Waals surface area contributed by atoms with E-state index < -0.39 is 17.9 Å². The van der Waals surface area contributed by atoms with Gasteiger partial charge in [0.1, 0.15) is 5.82 Å². The van der Waals surface area contributed by atoms with Gasteiger partial charge < -0.3 is 4.84 Å². The Morgan fingerprint density at radius 3 is 2.65 bits per heavy atom. The number of hydrazine groups is 1. The fourth-order valence-corrected chi connectivity index (χ4v) is 2.52. The van der Waals surface area contributed by atoms with Gasteiger partial charge in [0.05, 0.1) is 5.71 Å². The predicted octanol–water partition coefficient (Wildman–Crippen LogP) is 2.34. The summed E-state index contributed by atoms with van der Waals surface area (Å²) in [6.07, 6.45) is 0.192. The molecular formula is C19H18FN3O3. The molecule has 0 aromatic heterocycles. The molecule has 0 bridgehead atoms. The highest BCUT2D eigenvalue weighted by Gasteiger charge is 2.29. The summed E-state index contributed by atoms with van der Waals surface area (Å²) >= 11 is 0. The predicted molar refractivity (Wildman–Crippen MR) is 93.9 cm³/mol. The van der Waals surface area contributed by atoms with E-state index in [1.807, 2.05) is 19.1 Å². The van der Waals surface area contributed by atoms with Crippen LogP contribution in [0, 0.1) is 5.82 Å². The second-order valence-corrected chi connectivity index (χ2v) is 5.84. The van der Waals surface area contributed by atoms with Crippen LogP contribution in [0.2, 0.25) is 0 Å². The van der Waals surface area contributed by atoms with Crippen LogP contribution in [0.4, 0.5) is 4.39 Å². The Morgan fingerprint density at radius 2 is 1.96 bits per heavy atom. The third kappa shape index (κ3) is 4.05. The van der Waals surface area contributed by atoms with Gasteiger partial charge in [-0.2, -0.15) is 0 Å². The number of carbonyl (C=O) groups excluding carboxylic acids is 2. The van der Waals surface area contributed by atoms with E-state index in [9.17, 15) is 14.0 Å². The minimum Gasteiger partial charge on any atom is -0.382 e. The fraction of sp³-hybridized carbons (Fsp3) is 0.211. The Balaban J connectivity index is 1.52. The molecule has 0 spiro atoms. The number of aryl methyl sites for hydroxylation is 1. The Morgan fingerprint density at radius 1 is 1.19 bits per heavy atom. The van der Waals surface area contributed by atoms with Crippen LogP contribution in [0.3, 0.4) is 0 Å². The summed E-state index contributed by atoms with van der Waals surface area (Å²) < 4.78 is 13.3. The number of nitrogens with one attached hydrogen (secondary N) is 2. The molecule has 3 rings (SSSR count). The number of rotatable bonds is 4. The number of oxime groups is 1. The molecule has 0 saturated carbocycles. The van der Waals surface area contributed by atoms with Crippen LogP contribution in [-0.4, -0.2) is 23.6 Å². The van der Waals surface area contributed by atoms with Gasteiger partial charge >= 0.3 is 0 Å². The third-order valence-corrected chi connectivity index (χ3v) is 4.04. The van der Waals surface area contributed by atoms with Crippen molar-refractivity contribution in [2.75, 3.05) is 0 Å². The van der Waals surface area contributed by atoms with Gasteiger partial charge in [-0.05, 0) is 36.2 Å². The molecule has 1 heterocycles. The molecule has 0 saturated heterocycles. The lowest BCUT2D eigenvalue weighted by Gasteiger charge is -2.11. The van der Waals surface area contributed by atoms with Gasteiger partial charge in [0.15, 0.2) is 0 Å². The number of hydrogen-bond donors (Lipinski definition) is 2. The number of halogens is 1. The molecule has 1 unspecified atom stereocenters. The van der Waals surface area contributed by atoms with E-state index in [0.29, 0.717) is 16.8 Å². The quantitative estimate of drug-likeness (QED) is 0.826. The molecule has 134 valence electrons. The Kier molecular flexibility index (Phi) is 5.26. The molecular weight excluding hydrogens is 337 g/mol. The summed E-state index contributed by atoms with van der Waals surface area (Å²) in [5, 5.41) is 3.83. The van der Waals surface area contributed by atoms with Crippen molar-refractivity contribution in [2.45, 2.75) is 25.9 Å². The van der Waals surface area contributed by atoms with Gasteiger partial charge in [0.25, 0.3) is 11.8 Å². The normalized spacial score (nSPS) is 15.8. The lowest BCUT2D eigenvalue weighted by molar-refractivity contribution is -0.131. The molecule has 1 atom stereocenters. The fourth-order valence-electron chi connectivity index (χ4n) is 2.52. The molecule has 2 aromatic carbocycles. The average Bonchev–Trinajstić information content (AvgIpc) is 3.16. The molecule has 26 heavy (non-hydrogen) atoms. The zero-order valence-electron chi connectivity index (χ0n) is 14.2. The summed E-state index contributed by atoms with van der Waals surface area (Å²) in [6, 6.07) is 13.0. The first-order valence-corrected chi connectivity index (χ1v) is 8.24. The summed E-state index contributed by atoms with van der Waals surface area (Å²) in [7, 11) is 0. The van der Waals surface area contributed by atoms with Gasteiger partial charge in [-0.3, -0.25) is 20.4 Å². The zero-order chi connectivity index (χ0) is 18.5. The van der Waals surface area contributed by atoms with Crippen molar-refractivity contribution in [2.24, 2.45) is 5.16 Å². The van der Waals surface area contributed by atoms with E-state index >= 15 is 0 Å². The number of nitrogens with zero attached hydrogens (tertiary/aromatic N) is 1. The van der Waals surface area contributed by atoms with Crippen LogP contribution in [0.15, 0.2) is 53.7 Å². The number of benzene rings is 2. The van der Waals surface area contributed by atoms with Crippen LogP contribution < -0.4 is 10.9 Å². The highest BCUT2D eigenvalue weighted by molar-refractivity contribution is 6.04. The summed E-state index contributed by atoms with van der Waals surface area (Å²) in [5.74, 6) is -1.34. The third-order valence-electron chi connectivity index (χ3n) is 4.04. The number of amides is 2. The lowest BCUT2D eigenvalue weighted by Crippen LogP contribution is -2.46. The molecule has 1 aliphatic heterocycles. The largest absolute Gasteiger partial charge is 0.382 e. The van der Waals surface area contributed by atoms with Gasteiger partial charge in [0.2, 0.25) is 6.10 Å². The van der Waals surface area contributed by atoms with Gasteiger partial charge in [-0.15, -0.1) is 0 Å². The summed E-state index contributed by atoms with van der Waals surface area (Å²) in [4.78, 5) is 29.3. The first kappa shape index (κ1) is 17.6. The van der Waals surface area contributed by atoms with Crippen molar-refractivity contribution in [1.29, 1.82) is 0 Å². The van der Waals surface area contributed by atoms with Crippen molar-refractivity contribution in [3.05, 3.63) is 71.0 Å². The lowest BCUT2D eigenvalue weighted by atomic mass is 10.0. The molecule has 0 radical (unpaired) electrons. The Bertz CT molecular complexity index is 849. The standard InChI is InChI=1S/C19H18FN3O3/c1-2-12-6-8-13(9-7-12)18(24)21-22-19(25)17-11-16(23-26-17)14-4-3-5-15(20)10-14/h3-10,17H,2,11H2,1H3,(H,21,24)(H,22,25). The van der Waals surface area contributed by atoms with E-state index in [-0.39, 0.29) is 12.2 Å². The maximum atomic E-state index is 13.3. The van der Waals surface area contributed by atoms with E-state index in [1.54, 1.807) is 24.3 Å². The molecule has 7 heteroatoms. The van der Waals surface area contributed by atoms with E-state index in [2.05, 4.69) is 16.0 Å². The van der Waals surface area contributed by atoms with E-state index in [4.69, 9.17) is 4.84 Å². The second kappa shape index (κ2) is 7.77. The van der Waals surface area contributed by atoms with Crippen molar-refractivity contribution >= 4 is 17.5 Å². The van der Waals surface area contributed by atoms with Crippen LogP contribution in [0.1, 0.15) is 34.8 Å². The molecule has 0 fully saturated rings. The van der Waals surface area contributed by atoms with Gasteiger partial charge in [-0.1, -0.05) is 36.3 Å².